The van der Waals surface area contributed by atoms with E-state index in [2.05, 4.69) is 65.0 Å². The largest absolute Gasteiger partial charge is 0.295 e. The molecule has 0 aromatic carbocycles. The van der Waals surface area contributed by atoms with Crippen molar-refractivity contribution in [3.8, 4) is 0 Å². The first-order valence-corrected chi connectivity index (χ1v) is 7.14. The lowest BCUT2D eigenvalue weighted by molar-refractivity contribution is -0.116. The molecule has 108 valence electrons. The topological polar surface area (TPSA) is 17.1 Å². The predicted octanol–water partition coefficient (Wildman–Crippen LogP) is 5.33. The van der Waals surface area contributed by atoms with Gasteiger partial charge in [0.25, 0.3) is 0 Å². The third kappa shape index (κ3) is 4.80. The summed E-state index contributed by atoms with van der Waals surface area (Å²) >= 11 is 0. The normalized spacial score (nSPS) is 21.3. The van der Waals surface area contributed by atoms with Crippen LogP contribution >= 0.6 is 0 Å². The van der Waals surface area contributed by atoms with Gasteiger partial charge in [-0.2, -0.15) is 0 Å². The van der Waals surface area contributed by atoms with Crippen LogP contribution in [0.15, 0.2) is 58.7 Å². The van der Waals surface area contributed by atoms with E-state index in [1.165, 1.54) is 16.7 Å². The van der Waals surface area contributed by atoms with E-state index in [0.717, 1.165) is 5.57 Å². The highest BCUT2D eigenvalue weighted by Gasteiger charge is 2.30. The summed E-state index contributed by atoms with van der Waals surface area (Å²) in [5, 5.41) is 0. The molecular weight excluding hydrogens is 244 g/mol. The molecule has 1 heteroatoms. The summed E-state index contributed by atoms with van der Waals surface area (Å²) in [4.78, 5) is 11.6. The molecule has 0 aromatic rings. The van der Waals surface area contributed by atoms with Crippen molar-refractivity contribution < 1.29 is 4.79 Å². The highest BCUT2D eigenvalue weighted by Crippen LogP contribution is 2.38. The summed E-state index contributed by atoms with van der Waals surface area (Å²) in [5.41, 5.74) is 4.76. The molecule has 0 bridgehead atoms. The summed E-state index contributed by atoms with van der Waals surface area (Å²) < 4.78 is 0. The molecule has 1 aliphatic rings. The molecule has 0 fully saturated rings. The molecule has 0 spiro atoms. The van der Waals surface area contributed by atoms with E-state index in [1.807, 2.05) is 6.92 Å². The van der Waals surface area contributed by atoms with Crippen molar-refractivity contribution in [1.29, 1.82) is 0 Å². The van der Waals surface area contributed by atoms with Crippen LogP contribution in [0.1, 0.15) is 48.0 Å². The summed E-state index contributed by atoms with van der Waals surface area (Å²) in [5.74, 6) is 0.230. The van der Waals surface area contributed by atoms with E-state index in [-0.39, 0.29) is 11.2 Å². The van der Waals surface area contributed by atoms with Crippen molar-refractivity contribution in [2.75, 3.05) is 0 Å². The first-order chi connectivity index (χ1) is 9.22. The van der Waals surface area contributed by atoms with Crippen LogP contribution in [0.3, 0.4) is 0 Å². The maximum Gasteiger partial charge on any atom is 0.156 e. The molecule has 1 aliphatic carbocycles. The molecule has 0 amide bonds. The van der Waals surface area contributed by atoms with E-state index < -0.39 is 0 Å². The van der Waals surface area contributed by atoms with E-state index in [0.29, 0.717) is 6.42 Å². The Morgan fingerprint density at radius 2 is 1.85 bits per heavy atom. The van der Waals surface area contributed by atoms with Crippen LogP contribution in [0.4, 0.5) is 0 Å². The van der Waals surface area contributed by atoms with Crippen molar-refractivity contribution in [2.45, 2.75) is 48.0 Å². The molecule has 20 heavy (non-hydrogen) atoms. The van der Waals surface area contributed by atoms with Crippen LogP contribution in [0.2, 0.25) is 0 Å². The molecule has 1 nitrogen and oxygen atoms in total. The van der Waals surface area contributed by atoms with Gasteiger partial charge in [-0.25, -0.2) is 0 Å². The molecule has 0 saturated carbocycles. The maximum atomic E-state index is 11.6. The number of carbonyl (C=O) groups is 1. The summed E-state index contributed by atoms with van der Waals surface area (Å²) in [7, 11) is 0. The Bertz CT molecular complexity index is 530. The quantitative estimate of drug-likeness (QED) is 0.634. The predicted molar refractivity (Wildman–Crippen MR) is 87.6 cm³/mol. The standard InChI is InChI=1S/C19H26O/c1-14(2)8-7-9-15(3)10-11-18-16(4)12-17(20)13-19(18,5)6/h7-12H,13H2,1-6H3. The first kappa shape index (κ1) is 16.4. The second-order valence-electron chi connectivity index (χ2n) is 6.45. The minimum atomic E-state index is -0.0731. The van der Waals surface area contributed by atoms with Crippen molar-refractivity contribution in [3.05, 3.63) is 58.7 Å². The fraction of sp³-hybridized carbons (Fsp3) is 0.421. The van der Waals surface area contributed by atoms with Crippen molar-refractivity contribution in [2.24, 2.45) is 5.41 Å². The van der Waals surface area contributed by atoms with Gasteiger partial charge in [0.2, 0.25) is 0 Å². The zero-order valence-corrected chi connectivity index (χ0v) is 13.6. The summed E-state index contributed by atoms with van der Waals surface area (Å²) in [6, 6.07) is 0. The summed E-state index contributed by atoms with van der Waals surface area (Å²) in [6.07, 6.45) is 12.9. The highest BCUT2D eigenvalue weighted by molar-refractivity contribution is 5.93. The number of ketones is 1. The van der Waals surface area contributed by atoms with Crippen molar-refractivity contribution >= 4 is 5.78 Å². The smallest absolute Gasteiger partial charge is 0.156 e. The fourth-order valence-corrected chi connectivity index (χ4v) is 2.45. The molecular formula is C19H26O. The third-order valence-corrected chi connectivity index (χ3v) is 3.45. The van der Waals surface area contributed by atoms with Gasteiger partial charge >= 0.3 is 0 Å². The van der Waals surface area contributed by atoms with Crippen LogP contribution in [-0.4, -0.2) is 5.78 Å². The minimum absolute atomic E-state index is 0.0731. The Labute approximate surface area is 123 Å². The lowest BCUT2D eigenvalue weighted by Crippen LogP contribution is -2.24. The zero-order chi connectivity index (χ0) is 15.3. The van der Waals surface area contributed by atoms with E-state index in [1.54, 1.807) is 6.08 Å². The van der Waals surface area contributed by atoms with Gasteiger partial charge in [0.05, 0.1) is 0 Å². The van der Waals surface area contributed by atoms with Crippen LogP contribution in [-0.2, 0) is 4.79 Å². The lowest BCUT2D eigenvalue weighted by Gasteiger charge is -2.31. The second kappa shape index (κ2) is 6.69. The molecule has 0 atom stereocenters. The molecule has 0 radical (unpaired) electrons. The van der Waals surface area contributed by atoms with Crippen LogP contribution < -0.4 is 0 Å². The highest BCUT2D eigenvalue weighted by atomic mass is 16.1. The van der Waals surface area contributed by atoms with Gasteiger partial charge in [-0.05, 0) is 50.3 Å². The molecule has 0 aliphatic heterocycles. The number of rotatable bonds is 3. The summed E-state index contributed by atoms with van der Waals surface area (Å²) in [6.45, 7) is 12.5. The monoisotopic (exact) mass is 270 g/mol. The Balaban J connectivity index is 2.98. The van der Waals surface area contributed by atoms with Crippen LogP contribution in [0.5, 0.6) is 0 Å². The van der Waals surface area contributed by atoms with Crippen LogP contribution in [0, 0.1) is 5.41 Å². The molecule has 0 aromatic heterocycles. The van der Waals surface area contributed by atoms with Crippen molar-refractivity contribution in [1.82, 2.24) is 0 Å². The van der Waals surface area contributed by atoms with E-state index >= 15 is 0 Å². The van der Waals surface area contributed by atoms with E-state index in [4.69, 9.17) is 0 Å². The first-order valence-electron chi connectivity index (χ1n) is 7.14. The Kier molecular flexibility index (Phi) is 5.50. The fourth-order valence-electron chi connectivity index (χ4n) is 2.45. The van der Waals surface area contributed by atoms with Crippen molar-refractivity contribution in [3.63, 3.8) is 0 Å². The Morgan fingerprint density at radius 3 is 2.40 bits per heavy atom. The second-order valence-corrected chi connectivity index (χ2v) is 6.45. The molecule has 0 saturated heterocycles. The molecule has 0 unspecified atom stereocenters. The van der Waals surface area contributed by atoms with Gasteiger partial charge in [-0.15, -0.1) is 0 Å². The maximum absolute atomic E-state index is 11.6. The van der Waals surface area contributed by atoms with E-state index in [9.17, 15) is 4.79 Å². The lowest BCUT2D eigenvalue weighted by atomic mass is 9.72. The zero-order valence-electron chi connectivity index (χ0n) is 13.6. The van der Waals surface area contributed by atoms with Gasteiger partial charge in [-0.3, -0.25) is 4.79 Å². The number of allylic oxidation sites excluding steroid dienone is 10. The molecule has 1 rings (SSSR count). The number of carbonyl (C=O) groups excluding carboxylic acids is 1. The minimum Gasteiger partial charge on any atom is -0.295 e. The van der Waals surface area contributed by atoms with Gasteiger partial charge in [0.1, 0.15) is 0 Å². The number of hydrogen-bond donors (Lipinski definition) is 0. The Morgan fingerprint density at radius 1 is 1.20 bits per heavy atom. The molecule has 0 N–H and O–H groups in total. The SMILES string of the molecule is CC(C)=CC=CC(C)=CC=C1C(C)=CC(=O)CC1(C)C. The van der Waals surface area contributed by atoms with Crippen LogP contribution in [0.25, 0.3) is 0 Å². The van der Waals surface area contributed by atoms with Gasteiger partial charge in [-0.1, -0.05) is 55.4 Å². The third-order valence-electron chi connectivity index (χ3n) is 3.45. The van der Waals surface area contributed by atoms with Gasteiger partial charge < -0.3 is 0 Å². The number of hydrogen-bond acceptors (Lipinski definition) is 1. The Hall–Kier alpha value is -1.63. The van der Waals surface area contributed by atoms with Gasteiger partial charge in [0.15, 0.2) is 5.78 Å². The average molecular weight is 270 g/mol. The van der Waals surface area contributed by atoms with Gasteiger partial charge in [0, 0.05) is 6.42 Å². The molecule has 0 heterocycles. The average Bonchev–Trinajstić information content (AvgIpc) is 2.25.